The van der Waals surface area contributed by atoms with Crippen molar-refractivity contribution in [3.63, 3.8) is 0 Å². The average Bonchev–Trinajstić information content (AvgIpc) is 3.27. The number of aromatic nitrogens is 3. The fourth-order valence-corrected chi connectivity index (χ4v) is 9.18. The third kappa shape index (κ3) is 4.55. The zero-order chi connectivity index (χ0) is 36.7. The molecule has 0 unspecified atom stereocenters. The molecular weight excluding hydrogens is 679 g/mol. The van der Waals surface area contributed by atoms with Crippen molar-refractivity contribution in [3.8, 4) is 45.3 Å². The van der Waals surface area contributed by atoms with Crippen molar-refractivity contribution < 1.29 is 0 Å². The third-order valence-electron chi connectivity index (χ3n) is 11.6. The Labute approximate surface area is 322 Å². The molecule has 0 radical (unpaired) electrons. The van der Waals surface area contributed by atoms with Gasteiger partial charge in [0, 0.05) is 16.7 Å². The van der Waals surface area contributed by atoms with Gasteiger partial charge in [-0.1, -0.05) is 176 Å². The minimum atomic E-state index is 0.652. The molecule has 0 aliphatic carbocycles. The van der Waals surface area contributed by atoms with E-state index >= 15 is 0 Å². The molecule has 56 heavy (non-hydrogen) atoms. The third-order valence-corrected chi connectivity index (χ3v) is 11.6. The van der Waals surface area contributed by atoms with Crippen LogP contribution in [-0.4, -0.2) is 15.0 Å². The second-order valence-electron chi connectivity index (χ2n) is 14.7. The van der Waals surface area contributed by atoms with Crippen LogP contribution in [0.2, 0.25) is 0 Å². The summed E-state index contributed by atoms with van der Waals surface area (Å²) in [5.74, 6) is 1.96. The van der Waals surface area contributed by atoms with E-state index < -0.39 is 0 Å². The van der Waals surface area contributed by atoms with Gasteiger partial charge in [0.25, 0.3) is 0 Å². The van der Waals surface area contributed by atoms with Gasteiger partial charge < -0.3 is 0 Å². The van der Waals surface area contributed by atoms with Gasteiger partial charge in [0.15, 0.2) is 17.5 Å². The predicted molar refractivity (Wildman–Crippen MR) is 235 cm³/mol. The van der Waals surface area contributed by atoms with E-state index in [4.69, 9.17) is 15.0 Å². The van der Waals surface area contributed by atoms with Crippen LogP contribution in [0.3, 0.4) is 0 Å². The van der Waals surface area contributed by atoms with Crippen LogP contribution in [0.4, 0.5) is 0 Å². The van der Waals surface area contributed by atoms with Crippen LogP contribution in [0.25, 0.3) is 121 Å². The molecule has 1 heterocycles. The summed E-state index contributed by atoms with van der Waals surface area (Å²) in [7, 11) is 0. The van der Waals surface area contributed by atoms with E-state index in [1.165, 1.54) is 75.8 Å². The molecule has 0 aliphatic rings. The van der Waals surface area contributed by atoms with Gasteiger partial charge in [-0.2, -0.15) is 0 Å². The number of fused-ring (bicyclic) bond motifs is 3. The van der Waals surface area contributed by atoms with Crippen molar-refractivity contribution in [2.24, 2.45) is 0 Å². The molecular formula is C53H31N3. The topological polar surface area (TPSA) is 38.7 Å². The highest BCUT2D eigenvalue weighted by Crippen LogP contribution is 2.47. The second-order valence-corrected chi connectivity index (χ2v) is 14.7. The van der Waals surface area contributed by atoms with E-state index in [1.807, 2.05) is 36.4 Å². The van der Waals surface area contributed by atoms with Crippen LogP contribution in [0.15, 0.2) is 188 Å². The molecule has 3 heteroatoms. The maximum absolute atomic E-state index is 5.12. The quantitative estimate of drug-likeness (QED) is 0.171. The van der Waals surface area contributed by atoms with E-state index in [0.717, 1.165) is 27.5 Å². The lowest BCUT2D eigenvalue weighted by molar-refractivity contribution is 1.08. The molecule has 0 saturated carbocycles. The van der Waals surface area contributed by atoms with Crippen LogP contribution < -0.4 is 0 Å². The lowest BCUT2D eigenvalue weighted by Gasteiger charge is -2.19. The molecule has 12 rings (SSSR count). The smallest absolute Gasteiger partial charge is 0.164 e. The van der Waals surface area contributed by atoms with Crippen molar-refractivity contribution in [2.75, 3.05) is 0 Å². The molecule has 258 valence electrons. The first kappa shape index (κ1) is 30.9. The predicted octanol–water partition coefficient (Wildman–Crippen LogP) is 14.0. The van der Waals surface area contributed by atoms with Crippen LogP contribution in [0.5, 0.6) is 0 Å². The molecule has 0 spiro atoms. The van der Waals surface area contributed by atoms with Crippen molar-refractivity contribution in [1.29, 1.82) is 0 Å². The van der Waals surface area contributed by atoms with Crippen molar-refractivity contribution in [2.45, 2.75) is 0 Å². The molecule has 11 aromatic carbocycles. The van der Waals surface area contributed by atoms with Crippen LogP contribution in [-0.2, 0) is 0 Å². The molecule has 0 bridgehead atoms. The molecule has 1 aromatic heterocycles. The summed E-state index contributed by atoms with van der Waals surface area (Å²) in [6, 6.07) is 67.7. The van der Waals surface area contributed by atoms with Gasteiger partial charge in [-0.05, 0) is 98.7 Å². The highest BCUT2D eigenvalue weighted by molar-refractivity contribution is 6.38. The van der Waals surface area contributed by atoms with E-state index in [2.05, 4.69) is 152 Å². The Morgan fingerprint density at radius 3 is 1.23 bits per heavy atom. The Bertz CT molecular complexity index is 3460. The average molecular weight is 710 g/mol. The van der Waals surface area contributed by atoms with Gasteiger partial charge in [-0.15, -0.1) is 0 Å². The van der Waals surface area contributed by atoms with Gasteiger partial charge in [-0.25, -0.2) is 15.0 Å². The summed E-state index contributed by atoms with van der Waals surface area (Å²) < 4.78 is 0. The lowest BCUT2D eigenvalue weighted by atomic mass is 9.84. The molecule has 0 N–H and O–H groups in total. The largest absolute Gasteiger partial charge is 0.208 e. The molecule has 0 saturated heterocycles. The van der Waals surface area contributed by atoms with Gasteiger partial charge in [-0.3, -0.25) is 0 Å². The van der Waals surface area contributed by atoms with E-state index in [1.54, 1.807) is 0 Å². The van der Waals surface area contributed by atoms with Crippen molar-refractivity contribution in [3.05, 3.63) is 188 Å². The number of benzene rings is 10. The summed E-state index contributed by atoms with van der Waals surface area (Å²) in [5, 5.41) is 17.6. The lowest BCUT2D eigenvalue weighted by Crippen LogP contribution is -2.00. The van der Waals surface area contributed by atoms with Crippen LogP contribution >= 0.6 is 0 Å². The fourth-order valence-electron chi connectivity index (χ4n) is 9.18. The van der Waals surface area contributed by atoms with Crippen LogP contribution in [0, 0.1) is 0 Å². The normalized spacial score (nSPS) is 11.9. The summed E-state index contributed by atoms with van der Waals surface area (Å²) >= 11 is 0. The number of rotatable bonds is 4. The fraction of sp³-hybridized carbons (Fsp3) is 0. The zero-order valence-corrected chi connectivity index (χ0v) is 30.2. The Kier molecular flexibility index (Phi) is 6.63. The SMILES string of the molecule is c1ccc(-c2nc(-c3ccccc3)nc(-c3ccc(-c4cc5cccc6c7cccc8ccc9cccc(c%10cccc4c%10c56)c9c87)c4ccccc34)n2)cc1. The highest BCUT2D eigenvalue weighted by Gasteiger charge is 2.20. The minimum absolute atomic E-state index is 0.652. The summed E-state index contributed by atoms with van der Waals surface area (Å²) in [5.41, 5.74) is 5.26. The van der Waals surface area contributed by atoms with E-state index in [0.29, 0.717) is 17.5 Å². The number of nitrogens with zero attached hydrogens (tertiary/aromatic N) is 3. The van der Waals surface area contributed by atoms with Crippen molar-refractivity contribution >= 4 is 75.4 Å². The van der Waals surface area contributed by atoms with E-state index in [-0.39, 0.29) is 0 Å². The Balaban J connectivity index is 1.17. The summed E-state index contributed by atoms with van der Waals surface area (Å²) in [4.78, 5) is 15.2. The molecule has 0 amide bonds. The Hall–Kier alpha value is -7.49. The zero-order valence-electron chi connectivity index (χ0n) is 30.2. The maximum atomic E-state index is 5.12. The Morgan fingerprint density at radius 2 is 0.643 bits per heavy atom. The van der Waals surface area contributed by atoms with Gasteiger partial charge >= 0.3 is 0 Å². The minimum Gasteiger partial charge on any atom is -0.208 e. The van der Waals surface area contributed by atoms with Gasteiger partial charge in [0.2, 0.25) is 0 Å². The van der Waals surface area contributed by atoms with Gasteiger partial charge in [0.05, 0.1) is 0 Å². The standard InChI is InChI=1S/C53H31N3/c1-3-13-34(14-4-1)51-54-52(35-15-5-2-6-16-35)56-53(55-51)45-30-29-39(37-20-7-8-21-38(37)45)46-31-36-19-11-24-41-40-22-9-17-32-27-28-33-18-10-23-42(48(33)47(32)40)43-25-12-26-44(46)50(43)49(36)41/h1-31H. The number of hydrogen-bond acceptors (Lipinski definition) is 3. The second kappa shape index (κ2) is 12.0. The molecule has 0 atom stereocenters. The van der Waals surface area contributed by atoms with Crippen molar-refractivity contribution in [1.82, 2.24) is 15.0 Å². The first-order valence-electron chi connectivity index (χ1n) is 19.1. The summed E-state index contributed by atoms with van der Waals surface area (Å²) in [6.45, 7) is 0. The van der Waals surface area contributed by atoms with Gasteiger partial charge in [0.1, 0.15) is 0 Å². The Morgan fingerprint density at radius 1 is 0.232 bits per heavy atom. The van der Waals surface area contributed by atoms with Crippen LogP contribution in [0.1, 0.15) is 0 Å². The molecule has 12 aromatic rings. The summed E-state index contributed by atoms with van der Waals surface area (Å²) in [6.07, 6.45) is 0. The van der Waals surface area contributed by atoms with E-state index in [9.17, 15) is 0 Å². The maximum Gasteiger partial charge on any atom is 0.164 e. The molecule has 0 aliphatic heterocycles. The first-order chi connectivity index (χ1) is 27.8. The first-order valence-corrected chi connectivity index (χ1v) is 19.1. The monoisotopic (exact) mass is 709 g/mol. The molecule has 3 nitrogen and oxygen atoms in total. The molecule has 0 fully saturated rings. The number of hydrogen-bond donors (Lipinski definition) is 0. The highest BCUT2D eigenvalue weighted by atomic mass is 15.0.